The number of halogens is 1. The summed E-state index contributed by atoms with van der Waals surface area (Å²) >= 11 is 0. The maximum Gasteiger partial charge on any atom is 0.124 e. The van der Waals surface area contributed by atoms with Crippen LogP contribution in [0.1, 0.15) is 11.1 Å². The summed E-state index contributed by atoms with van der Waals surface area (Å²) in [4.78, 5) is 2.38. The zero-order valence-electron chi connectivity index (χ0n) is 10.2. The summed E-state index contributed by atoms with van der Waals surface area (Å²) in [6.07, 6.45) is 0. The number of hydrogen-bond donors (Lipinski definition) is 1. The van der Waals surface area contributed by atoms with Crippen molar-refractivity contribution in [2.24, 2.45) is 0 Å². The third-order valence-electron chi connectivity index (χ3n) is 3.10. The van der Waals surface area contributed by atoms with Crippen LogP contribution >= 0.6 is 0 Å². The number of rotatable bonds is 4. The van der Waals surface area contributed by atoms with Crippen LogP contribution in [-0.2, 0) is 13.2 Å². The van der Waals surface area contributed by atoms with Gasteiger partial charge in [-0.1, -0.05) is 6.07 Å². The highest BCUT2D eigenvalue weighted by Crippen LogP contribution is 2.21. The first-order valence-corrected chi connectivity index (χ1v) is 5.98. The molecule has 2 rings (SSSR count). The van der Waals surface area contributed by atoms with Crippen LogP contribution in [0.3, 0.4) is 0 Å². The Morgan fingerprint density at radius 1 is 1.35 bits per heavy atom. The Kier molecular flexibility index (Phi) is 4.34. The molecule has 17 heavy (non-hydrogen) atoms. The fraction of sp³-hybridized carbons (Fsp3) is 0.538. The van der Waals surface area contributed by atoms with E-state index in [0.29, 0.717) is 11.3 Å². The third-order valence-corrected chi connectivity index (χ3v) is 3.10. The Hall–Kier alpha value is -1.13. The molecule has 0 saturated carbocycles. The van der Waals surface area contributed by atoms with Gasteiger partial charge in [-0.25, -0.2) is 4.39 Å². The average molecular weight is 238 g/mol. The molecule has 1 fully saturated rings. The predicted octanol–water partition coefficient (Wildman–Crippen LogP) is 1.57. The zero-order valence-corrected chi connectivity index (χ0v) is 10.2. The zero-order chi connectivity index (χ0) is 12.1. The Morgan fingerprint density at radius 2 is 2.12 bits per heavy atom. The van der Waals surface area contributed by atoms with Crippen molar-refractivity contribution in [3.63, 3.8) is 0 Å². The highest BCUT2D eigenvalue weighted by molar-refractivity contribution is 5.36. The van der Waals surface area contributed by atoms with Crippen LogP contribution in [0.4, 0.5) is 4.39 Å². The molecule has 1 aliphatic heterocycles. The Morgan fingerprint density at radius 3 is 2.76 bits per heavy atom. The maximum absolute atomic E-state index is 12.8. The van der Waals surface area contributed by atoms with Crippen molar-refractivity contribution in [2.45, 2.75) is 13.2 Å². The lowest BCUT2D eigenvalue weighted by Crippen LogP contribution is -2.42. The number of piperazine rings is 1. The Bertz CT molecular complexity index is 364. The second-order valence-corrected chi connectivity index (χ2v) is 4.31. The van der Waals surface area contributed by atoms with Gasteiger partial charge in [0.2, 0.25) is 0 Å². The molecule has 0 aliphatic carbocycles. The summed E-state index contributed by atoms with van der Waals surface area (Å²) in [5.74, 6) is 0.636. The average Bonchev–Trinajstić information content (AvgIpc) is 2.40. The highest BCUT2D eigenvalue weighted by Gasteiger charge is 2.11. The van der Waals surface area contributed by atoms with Crippen molar-refractivity contribution in [2.75, 3.05) is 33.3 Å². The SMILES string of the molecule is COc1ccc(CN2CCNCC2)cc1CF. The molecule has 1 saturated heterocycles. The van der Waals surface area contributed by atoms with Crippen molar-refractivity contribution in [3.05, 3.63) is 29.3 Å². The van der Waals surface area contributed by atoms with Crippen molar-refractivity contribution < 1.29 is 9.13 Å². The first-order chi connectivity index (χ1) is 8.33. The van der Waals surface area contributed by atoms with E-state index >= 15 is 0 Å². The molecule has 1 aromatic rings. The number of alkyl halides is 1. The third kappa shape index (κ3) is 3.17. The molecule has 0 bridgehead atoms. The van der Waals surface area contributed by atoms with Crippen molar-refractivity contribution in [1.82, 2.24) is 10.2 Å². The number of benzene rings is 1. The van der Waals surface area contributed by atoms with E-state index in [4.69, 9.17) is 4.74 Å². The van der Waals surface area contributed by atoms with Gasteiger partial charge in [-0.15, -0.1) is 0 Å². The van der Waals surface area contributed by atoms with Crippen molar-refractivity contribution in [3.8, 4) is 5.75 Å². The number of methoxy groups -OCH3 is 1. The minimum Gasteiger partial charge on any atom is -0.496 e. The van der Waals surface area contributed by atoms with Crippen LogP contribution in [0.25, 0.3) is 0 Å². The highest BCUT2D eigenvalue weighted by atomic mass is 19.1. The van der Waals surface area contributed by atoms with Crippen molar-refractivity contribution in [1.29, 1.82) is 0 Å². The lowest BCUT2D eigenvalue weighted by atomic mass is 10.1. The molecule has 94 valence electrons. The Balaban J connectivity index is 2.05. The molecule has 1 aliphatic rings. The lowest BCUT2D eigenvalue weighted by Gasteiger charge is -2.27. The Labute approximate surface area is 102 Å². The van der Waals surface area contributed by atoms with Gasteiger partial charge in [0.25, 0.3) is 0 Å². The molecule has 0 atom stereocenters. The number of nitrogens with zero attached hydrogens (tertiary/aromatic N) is 1. The molecular weight excluding hydrogens is 219 g/mol. The van der Waals surface area contributed by atoms with Crippen LogP contribution in [0.5, 0.6) is 5.75 Å². The minimum absolute atomic E-state index is 0.474. The van der Waals surface area contributed by atoms with E-state index in [9.17, 15) is 4.39 Å². The van der Waals surface area contributed by atoms with Crippen molar-refractivity contribution >= 4 is 0 Å². The molecular formula is C13H19FN2O. The normalized spacial score (nSPS) is 17.1. The number of ether oxygens (including phenoxy) is 1. The van der Waals surface area contributed by atoms with Gasteiger partial charge >= 0.3 is 0 Å². The molecule has 1 N–H and O–H groups in total. The largest absolute Gasteiger partial charge is 0.496 e. The molecule has 1 heterocycles. The lowest BCUT2D eigenvalue weighted by molar-refractivity contribution is 0.233. The van der Waals surface area contributed by atoms with E-state index in [1.807, 2.05) is 18.2 Å². The van der Waals surface area contributed by atoms with Crippen LogP contribution in [-0.4, -0.2) is 38.2 Å². The molecule has 0 unspecified atom stereocenters. The van der Waals surface area contributed by atoms with Gasteiger partial charge in [0.05, 0.1) is 7.11 Å². The van der Waals surface area contributed by atoms with Gasteiger partial charge in [0, 0.05) is 38.3 Å². The standard InChI is InChI=1S/C13H19FN2O/c1-17-13-3-2-11(8-12(13)9-14)10-16-6-4-15-5-7-16/h2-3,8,15H,4-7,9-10H2,1H3. The van der Waals surface area contributed by atoms with Gasteiger partial charge < -0.3 is 10.1 Å². The van der Waals surface area contributed by atoms with E-state index in [1.165, 1.54) is 0 Å². The molecule has 1 aromatic carbocycles. The first kappa shape index (κ1) is 12.3. The number of hydrogen-bond acceptors (Lipinski definition) is 3. The van der Waals surface area contributed by atoms with Gasteiger partial charge in [0.1, 0.15) is 12.4 Å². The molecule has 0 aromatic heterocycles. The van der Waals surface area contributed by atoms with E-state index in [0.717, 1.165) is 38.3 Å². The molecule has 4 heteroatoms. The summed E-state index contributed by atoms with van der Waals surface area (Å²) in [6, 6.07) is 5.77. The quantitative estimate of drug-likeness (QED) is 0.861. The van der Waals surface area contributed by atoms with E-state index in [2.05, 4.69) is 10.2 Å². The van der Waals surface area contributed by atoms with E-state index in [1.54, 1.807) is 7.11 Å². The molecule has 0 radical (unpaired) electrons. The fourth-order valence-corrected chi connectivity index (χ4v) is 2.16. The summed E-state index contributed by atoms with van der Waals surface area (Å²) in [5.41, 5.74) is 1.79. The van der Waals surface area contributed by atoms with Gasteiger partial charge in [-0.2, -0.15) is 0 Å². The second-order valence-electron chi connectivity index (χ2n) is 4.31. The summed E-state index contributed by atoms with van der Waals surface area (Å²) < 4.78 is 17.9. The van der Waals surface area contributed by atoms with Crippen LogP contribution in [0, 0.1) is 0 Å². The van der Waals surface area contributed by atoms with Crippen LogP contribution in [0.2, 0.25) is 0 Å². The monoisotopic (exact) mass is 238 g/mol. The van der Waals surface area contributed by atoms with Gasteiger partial charge in [0.15, 0.2) is 0 Å². The van der Waals surface area contributed by atoms with Gasteiger partial charge in [-0.3, -0.25) is 4.90 Å². The second kappa shape index (κ2) is 5.98. The summed E-state index contributed by atoms with van der Waals surface area (Å²) in [6.45, 7) is 4.59. The molecule has 0 spiro atoms. The van der Waals surface area contributed by atoms with Gasteiger partial charge in [-0.05, 0) is 17.7 Å². The number of nitrogens with one attached hydrogen (secondary N) is 1. The minimum atomic E-state index is -0.474. The summed E-state index contributed by atoms with van der Waals surface area (Å²) in [7, 11) is 1.57. The maximum atomic E-state index is 12.8. The van der Waals surface area contributed by atoms with Crippen LogP contribution < -0.4 is 10.1 Å². The topological polar surface area (TPSA) is 24.5 Å². The fourth-order valence-electron chi connectivity index (χ4n) is 2.16. The molecule has 0 amide bonds. The first-order valence-electron chi connectivity index (χ1n) is 5.98. The van der Waals surface area contributed by atoms with E-state index < -0.39 is 6.67 Å². The predicted molar refractivity (Wildman–Crippen MR) is 66.0 cm³/mol. The van der Waals surface area contributed by atoms with Crippen LogP contribution in [0.15, 0.2) is 18.2 Å². The van der Waals surface area contributed by atoms with E-state index in [-0.39, 0.29) is 0 Å². The molecule has 3 nitrogen and oxygen atoms in total. The smallest absolute Gasteiger partial charge is 0.124 e. The summed E-state index contributed by atoms with van der Waals surface area (Å²) in [5, 5.41) is 3.32.